The molecule has 0 aliphatic carbocycles. The number of anilines is 1. The summed E-state index contributed by atoms with van der Waals surface area (Å²) in [6.45, 7) is 0.975. The molecular formula is C8H11F2N3. The van der Waals surface area contributed by atoms with E-state index in [4.69, 9.17) is 5.73 Å². The molecule has 3 nitrogen and oxygen atoms in total. The Hall–Kier alpha value is -1.20. The summed E-state index contributed by atoms with van der Waals surface area (Å²) in [4.78, 5) is 0. The highest BCUT2D eigenvalue weighted by Gasteiger charge is 1.98. The van der Waals surface area contributed by atoms with Crippen LogP contribution in [0.1, 0.15) is 0 Å². The van der Waals surface area contributed by atoms with Crippen LogP contribution in [0, 0.1) is 11.6 Å². The van der Waals surface area contributed by atoms with Gasteiger partial charge in [0.2, 0.25) is 0 Å². The molecule has 0 amide bonds. The van der Waals surface area contributed by atoms with Crippen molar-refractivity contribution in [2.45, 2.75) is 0 Å². The minimum atomic E-state index is -0.614. The number of hydrogen-bond donors (Lipinski definition) is 3. The topological polar surface area (TPSA) is 50.1 Å². The molecule has 0 heterocycles. The molecule has 0 aromatic heterocycles. The van der Waals surface area contributed by atoms with Gasteiger partial charge in [-0.15, -0.1) is 0 Å². The van der Waals surface area contributed by atoms with E-state index >= 15 is 0 Å². The highest BCUT2D eigenvalue weighted by molar-refractivity contribution is 5.42. The minimum absolute atomic E-state index is 0.339. The van der Waals surface area contributed by atoms with Gasteiger partial charge in [-0.3, -0.25) is 0 Å². The molecule has 5 heteroatoms. The molecule has 0 aliphatic rings. The van der Waals surface area contributed by atoms with Crippen LogP contribution in [-0.4, -0.2) is 13.1 Å². The molecule has 1 aromatic carbocycles. The van der Waals surface area contributed by atoms with E-state index in [1.54, 1.807) is 0 Å². The van der Waals surface area contributed by atoms with Crippen LogP contribution < -0.4 is 16.6 Å². The van der Waals surface area contributed by atoms with Crippen LogP contribution in [0.2, 0.25) is 0 Å². The Morgan fingerprint density at radius 3 is 2.31 bits per heavy atom. The van der Waals surface area contributed by atoms with Crippen LogP contribution in [0.5, 0.6) is 0 Å². The molecule has 0 aliphatic heterocycles. The van der Waals surface area contributed by atoms with Gasteiger partial charge in [-0.1, -0.05) is 0 Å². The van der Waals surface area contributed by atoms with Crippen molar-refractivity contribution in [3.63, 3.8) is 0 Å². The predicted octanol–water partition coefficient (Wildman–Crippen LogP) is 0.840. The Balaban J connectivity index is 2.56. The highest BCUT2D eigenvalue weighted by atomic mass is 19.1. The standard InChI is InChI=1S/C8H11F2N3/c9-6-3-7(10)5-8(4-6)13-12-2-1-11/h3-5,12-13H,1-2,11H2. The van der Waals surface area contributed by atoms with Gasteiger partial charge in [0.05, 0.1) is 5.69 Å². The highest BCUT2D eigenvalue weighted by Crippen LogP contribution is 2.11. The number of rotatable bonds is 4. The van der Waals surface area contributed by atoms with Gasteiger partial charge < -0.3 is 11.2 Å². The summed E-state index contributed by atoms with van der Waals surface area (Å²) in [7, 11) is 0. The van der Waals surface area contributed by atoms with Crippen molar-refractivity contribution >= 4 is 5.69 Å². The normalized spacial score (nSPS) is 10.1. The quantitative estimate of drug-likeness (QED) is 0.483. The maximum atomic E-state index is 12.6. The third-order valence-electron chi connectivity index (χ3n) is 1.36. The van der Waals surface area contributed by atoms with Crippen LogP contribution in [0.3, 0.4) is 0 Å². The summed E-state index contributed by atoms with van der Waals surface area (Å²) in [5, 5.41) is 0. The van der Waals surface area contributed by atoms with Crippen molar-refractivity contribution in [2.75, 3.05) is 18.5 Å². The van der Waals surface area contributed by atoms with Gasteiger partial charge in [0.15, 0.2) is 0 Å². The van der Waals surface area contributed by atoms with E-state index in [1.807, 2.05) is 0 Å². The lowest BCUT2D eigenvalue weighted by Gasteiger charge is -2.06. The van der Waals surface area contributed by atoms with E-state index in [9.17, 15) is 8.78 Å². The van der Waals surface area contributed by atoms with Crippen molar-refractivity contribution in [3.05, 3.63) is 29.8 Å². The van der Waals surface area contributed by atoms with E-state index in [-0.39, 0.29) is 0 Å². The summed E-state index contributed by atoms with van der Waals surface area (Å²) in [5.41, 5.74) is 10.9. The van der Waals surface area contributed by atoms with E-state index in [0.717, 1.165) is 6.07 Å². The molecule has 1 aromatic rings. The third kappa shape index (κ3) is 3.35. The van der Waals surface area contributed by atoms with E-state index in [0.29, 0.717) is 18.8 Å². The maximum absolute atomic E-state index is 12.6. The zero-order valence-corrected chi connectivity index (χ0v) is 6.98. The number of hydrazine groups is 1. The smallest absolute Gasteiger partial charge is 0.128 e. The second kappa shape index (κ2) is 4.74. The van der Waals surface area contributed by atoms with Crippen molar-refractivity contribution in [3.8, 4) is 0 Å². The molecule has 0 fully saturated rings. The average Bonchev–Trinajstić information content (AvgIpc) is 2.03. The molecule has 0 radical (unpaired) electrons. The first-order valence-corrected chi connectivity index (χ1v) is 3.87. The molecule has 0 atom stereocenters. The van der Waals surface area contributed by atoms with Crippen LogP contribution in [0.15, 0.2) is 18.2 Å². The Morgan fingerprint density at radius 2 is 1.77 bits per heavy atom. The van der Waals surface area contributed by atoms with Gasteiger partial charge in [-0.25, -0.2) is 14.2 Å². The first kappa shape index (κ1) is 9.88. The first-order valence-electron chi connectivity index (χ1n) is 3.87. The summed E-state index contributed by atoms with van der Waals surface area (Å²) in [5.74, 6) is -1.23. The molecule has 0 saturated heterocycles. The van der Waals surface area contributed by atoms with Gasteiger partial charge in [0, 0.05) is 19.2 Å². The SMILES string of the molecule is NCCNNc1cc(F)cc(F)c1. The molecular weight excluding hydrogens is 176 g/mol. The number of nitrogens with two attached hydrogens (primary N) is 1. The van der Waals surface area contributed by atoms with Crippen LogP contribution in [0.25, 0.3) is 0 Å². The lowest BCUT2D eigenvalue weighted by atomic mass is 10.3. The zero-order chi connectivity index (χ0) is 9.68. The lowest BCUT2D eigenvalue weighted by molar-refractivity contribution is 0.583. The summed E-state index contributed by atoms with van der Waals surface area (Å²) < 4.78 is 25.2. The number of benzene rings is 1. The second-order valence-corrected chi connectivity index (χ2v) is 2.50. The van der Waals surface area contributed by atoms with E-state index in [1.165, 1.54) is 12.1 Å². The van der Waals surface area contributed by atoms with Gasteiger partial charge in [0.1, 0.15) is 11.6 Å². The first-order chi connectivity index (χ1) is 6.22. The molecule has 1 rings (SSSR count). The summed E-state index contributed by atoms with van der Waals surface area (Å²) in [6, 6.07) is 3.19. The fourth-order valence-corrected chi connectivity index (χ4v) is 0.863. The van der Waals surface area contributed by atoms with Crippen molar-refractivity contribution in [1.82, 2.24) is 5.43 Å². The monoisotopic (exact) mass is 187 g/mol. The number of halogens is 2. The molecule has 0 unspecified atom stereocenters. The van der Waals surface area contributed by atoms with Crippen LogP contribution in [0.4, 0.5) is 14.5 Å². The Labute approximate surface area is 74.9 Å². The Morgan fingerprint density at radius 1 is 1.15 bits per heavy atom. The Bertz CT molecular complexity index is 258. The van der Waals surface area contributed by atoms with Crippen molar-refractivity contribution < 1.29 is 8.78 Å². The number of hydrogen-bond acceptors (Lipinski definition) is 3. The maximum Gasteiger partial charge on any atom is 0.128 e. The molecule has 0 saturated carbocycles. The van der Waals surface area contributed by atoms with Gasteiger partial charge >= 0.3 is 0 Å². The molecule has 13 heavy (non-hydrogen) atoms. The second-order valence-electron chi connectivity index (χ2n) is 2.50. The van der Waals surface area contributed by atoms with Crippen LogP contribution in [-0.2, 0) is 0 Å². The fraction of sp³-hybridized carbons (Fsp3) is 0.250. The largest absolute Gasteiger partial charge is 0.329 e. The third-order valence-corrected chi connectivity index (χ3v) is 1.36. The van der Waals surface area contributed by atoms with E-state index in [2.05, 4.69) is 10.9 Å². The van der Waals surface area contributed by atoms with Gasteiger partial charge in [0.25, 0.3) is 0 Å². The zero-order valence-electron chi connectivity index (χ0n) is 6.98. The number of nitrogens with one attached hydrogen (secondary N) is 2. The minimum Gasteiger partial charge on any atom is -0.329 e. The molecule has 0 bridgehead atoms. The summed E-state index contributed by atoms with van der Waals surface area (Å²) >= 11 is 0. The van der Waals surface area contributed by atoms with Crippen molar-refractivity contribution in [1.29, 1.82) is 0 Å². The van der Waals surface area contributed by atoms with Crippen molar-refractivity contribution in [2.24, 2.45) is 5.73 Å². The van der Waals surface area contributed by atoms with Gasteiger partial charge in [-0.2, -0.15) is 0 Å². The van der Waals surface area contributed by atoms with Crippen LogP contribution >= 0.6 is 0 Å². The lowest BCUT2D eigenvalue weighted by Crippen LogP contribution is -2.27. The predicted molar refractivity (Wildman–Crippen MR) is 47.0 cm³/mol. The summed E-state index contributed by atoms with van der Waals surface area (Å²) in [6.07, 6.45) is 0. The Kier molecular flexibility index (Phi) is 3.60. The molecule has 72 valence electrons. The molecule has 0 spiro atoms. The average molecular weight is 187 g/mol. The van der Waals surface area contributed by atoms with Gasteiger partial charge in [-0.05, 0) is 12.1 Å². The van der Waals surface area contributed by atoms with E-state index < -0.39 is 11.6 Å². The fourth-order valence-electron chi connectivity index (χ4n) is 0.863. The molecule has 4 N–H and O–H groups in total.